The second kappa shape index (κ2) is 15.0. The average molecular weight is 357 g/mol. The van der Waals surface area contributed by atoms with Gasteiger partial charge in [-0.2, -0.15) is 0 Å². The fraction of sp³-hybridized carbons (Fsp3) is 0.435. The fourth-order valence-electron chi connectivity index (χ4n) is 2.37. The van der Waals surface area contributed by atoms with Gasteiger partial charge in [0.05, 0.1) is 13.2 Å². The van der Waals surface area contributed by atoms with Gasteiger partial charge >= 0.3 is 5.63 Å². The largest absolute Gasteiger partial charge is 0.496 e. The van der Waals surface area contributed by atoms with Crippen molar-refractivity contribution in [2.45, 2.75) is 58.3 Å². The van der Waals surface area contributed by atoms with Gasteiger partial charge in [0, 0.05) is 12.5 Å². The van der Waals surface area contributed by atoms with Gasteiger partial charge in [0.1, 0.15) is 11.5 Å². The standard InChI is InChI=1S/C23H32O3/c1-3-4-5-6-7-8-9-10-11-12-13-14-15-16-17-18-21-19-22(25-2)20-23(24)26-21/h5-8,11-14,19-20H,3-4,9-10,15-18H2,1-2H3. The van der Waals surface area contributed by atoms with E-state index in [-0.39, 0.29) is 5.63 Å². The summed E-state index contributed by atoms with van der Waals surface area (Å²) in [7, 11) is 1.55. The van der Waals surface area contributed by atoms with Gasteiger partial charge < -0.3 is 9.15 Å². The summed E-state index contributed by atoms with van der Waals surface area (Å²) in [6.07, 6.45) is 25.6. The predicted octanol–water partition coefficient (Wildman–Crippen LogP) is 6.17. The van der Waals surface area contributed by atoms with Crippen LogP contribution >= 0.6 is 0 Å². The van der Waals surface area contributed by atoms with Gasteiger partial charge in [-0.25, -0.2) is 4.79 Å². The maximum absolute atomic E-state index is 11.4. The smallest absolute Gasteiger partial charge is 0.339 e. The van der Waals surface area contributed by atoms with E-state index in [1.54, 1.807) is 13.2 Å². The van der Waals surface area contributed by atoms with E-state index in [9.17, 15) is 4.79 Å². The Morgan fingerprint density at radius 3 is 2.12 bits per heavy atom. The van der Waals surface area contributed by atoms with Crippen molar-refractivity contribution in [3.63, 3.8) is 0 Å². The number of rotatable bonds is 13. The highest BCUT2D eigenvalue weighted by Crippen LogP contribution is 2.12. The Morgan fingerprint density at radius 2 is 1.50 bits per heavy atom. The Balaban J connectivity index is 2.09. The Morgan fingerprint density at radius 1 is 0.885 bits per heavy atom. The second-order valence-electron chi connectivity index (χ2n) is 6.11. The van der Waals surface area contributed by atoms with Gasteiger partial charge in [-0.3, -0.25) is 0 Å². The molecule has 0 unspecified atom stereocenters. The molecule has 3 heteroatoms. The highest BCUT2D eigenvalue weighted by atomic mass is 16.5. The summed E-state index contributed by atoms with van der Waals surface area (Å²) in [5.41, 5.74) is -0.351. The van der Waals surface area contributed by atoms with Crippen LogP contribution in [0, 0.1) is 0 Å². The summed E-state index contributed by atoms with van der Waals surface area (Å²) < 4.78 is 10.2. The molecule has 0 aliphatic rings. The van der Waals surface area contributed by atoms with Crippen molar-refractivity contribution in [1.29, 1.82) is 0 Å². The Hall–Kier alpha value is -2.29. The molecule has 1 rings (SSSR count). The minimum Gasteiger partial charge on any atom is -0.496 e. The van der Waals surface area contributed by atoms with Crippen LogP contribution in [0.3, 0.4) is 0 Å². The Bertz CT molecular complexity index is 648. The predicted molar refractivity (Wildman–Crippen MR) is 110 cm³/mol. The number of hydrogen-bond donors (Lipinski definition) is 0. The monoisotopic (exact) mass is 356 g/mol. The van der Waals surface area contributed by atoms with Crippen molar-refractivity contribution in [2.24, 2.45) is 0 Å². The zero-order valence-electron chi connectivity index (χ0n) is 16.2. The van der Waals surface area contributed by atoms with Crippen molar-refractivity contribution in [3.8, 4) is 5.75 Å². The van der Waals surface area contributed by atoms with Gasteiger partial charge in [0.2, 0.25) is 0 Å². The number of ether oxygens (including phenoxy) is 1. The van der Waals surface area contributed by atoms with Crippen molar-refractivity contribution in [1.82, 2.24) is 0 Å². The first kappa shape index (κ1) is 21.8. The molecule has 0 spiro atoms. The van der Waals surface area contributed by atoms with Gasteiger partial charge in [-0.1, -0.05) is 62.0 Å². The molecule has 0 N–H and O–H groups in total. The van der Waals surface area contributed by atoms with Crippen LogP contribution in [0.2, 0.25) is 0 Å². The van der Waals surface area contributed by atoms with Crippen LogP contribution in [-0.4, -0.2) is 7.11 Å². The molecular formula is C23H32O3. The van der Waals surface area contributed by atoms with Crippen molar-refractivity contribution < 1.29 is 9.15 Å². The molecule has 0 amide bonds. The van der Waals surface area contributed by atoms with E-state index in [4.69, 9.17) is 9.15 Å². The third kappa shape index (κ3) is 11.3. The highest BCUT2D eigenvalue weighted by molar-refractivity contribution is 5.20. The summed E-state index contributed by atoms with van der Waals surface area (Å²) in [6.45, 7) is 2.19. The van der Waals surface area contributed by atoms with E-state index >= 15 is 0 Å². The minimum absolute atomic E-state index is 0.351. The molecule has 0 bridgehead atoms. The maximum Gasteiger partial charge on any atom is 0.339 e. The van der Waals surface area contributed by atoms with Gasteiger partial charge in [0.25, 0.3) is 0 Å². The summed E-state index contributed by atoms with van der Waals surface area (Å²) >= 11 is 0. The van der Waals surface area contributed by atoms with Crippen molar-refractivity contribution in [2.75, 3.05) is 7.11 Å². The second-order valence-corrected chi connectivity index (χ2v) is 6.11. The third-order valence-electron chi connectivity index (χ3n) is 3.80. The molecule has 26 heavy (non-hydrogen) atoms. The van der Waals surface area contributed by atoms with E-state index < -0.39 is 0 Å². The summed E-state index contributed by atoms with van der Waals surface area (Å²) in [5, 5.41) is 0. The van der Waals surface area contributed by atoms with Crippen LogP contribution in [0.15, 0.2) is 70.0 Å². The van der Waals surface area contributed by atoms with E-state index in [1.165, 1.54) is 12.5 Å². The van der Waals surface area contributed by atoms with Crippen molar-refractivity contribution >= 4 is 0 Å². The van der Waals surface area contributed by atoms with Crippen molar-refractivity contribution in [3.05, 3.63) is 76.9 Å². The SMILES string of the molecule is CCCC=CC=CCCC=CC=CCCCCc1cc(OC)cc(=O)o1. The molecular weight excluding hydrogens is 324 g/mol. The third-order valence-corrected chi connectivity index (χ3v) is 3.80. The lowest BCUT2D eigenvalue weighted by Crippen LogP contribution is -2.01. The fourth-order valence-corrected chi connectivity index (χ4v) is 2.37. The number of unbranched alkanes of at least 4 members (excludes halogenated alkanes) is 4. The molecule has 1 aromatic rings. The quantitative estimate of drug-likeness (QED) is 0.313. The first-order valence-electron chi connectivity index (χ1n) is 9.57. The molecule has 0 radical (unpaired) electrons. The Labute approximate surface area is 157 Å². The average Bonchev–Trinajstić information content (AvgIpc) is 2.64. The molecule has 1 heterocycles. The molecule has 0 saturated carbocycles. The van der Waals surface area contributed by atoms with E-state index in [1.807, 2.05) is 0 Å². The van der Waals surface area contributed by atoms with E-state index in [0.717, 1.165) is 44.9 Å². The first-order chi connectivity index (χ1) is 12.8. The zero-order chi connectivity index (χ0) is 18.9. The van der Waals surface area contributed by atoms with Crippen LogP contribution in [0.25, 0.3) is 0 Å². The molecule has 0 saturated heterocycles. The van der Waals surface area contributed by atoms with Gasteiger partial charge in [-0.05, 0) is 38.5 Å². The maximum atomic E-state index is 11.4. The summed E-state index contributed by atoms with van der Waals surface area (Å²) in [6, 6.07) is 3.14. The lowest BCUT2D eigenvalue weighted by Gasteiger charge is -2.02. The lowest BCUT2D eigenvalue weighted by molar-refractivity contribution is 0.390. The summed E-state index contributed by atoms with van der Waals surface area (Å²) in [4.78, 5) is 11.4. The molecule has 3 nitrogen and oxygen atoms in total. The lowest BCUT2D eigenvalue weighted by atomic mass is 10.1. The molecule has 0 atom stereocenters. The minimum atomic E-state index is -0.351. The summed E-state index contributed by atoms with van der Waals surface area (Å²) in [5.74, 6) is 1.25. The molecule has 0 fully saturated rings. The van der Waals surface area contributed by atoms with Gasteiger partial charge in [-0.15, -0.1) is 0 Å². The van der Waals surface area contributed by atoms with E-state index in [2.05, 4.69) is 55.5 Å². The van der Waals surface area contributed by atoms with Gasteiger partial charge in [0.15, 0.2) is 0 Å². The molecule has 1 aromatic heterocycles. The highest BCUT2D eigenvalue weighted by Gasteiger charge is 2.01. The van der Waals surface area contributed by atoms with Crippen LogP contribution in [0.5, 0.6) is 5.75 Å². The van der Waals surface area contributed by atoms with Crippen LogP contribution in [0.4, 0.5) is 0 Å². The topological polar surface area (TPSA) is 39.4 Å². The van der Waals surface area contributed by atoms with Crippen LogP contribution in [0.1, 0.15) is 57.6 Å². The number of allylic oxidation sites excluding steroid dienone is 8. The molecule has 0 aliphatic carbocycles. The molecule has 0 aliphatic heterocycles. The Kier molecular flexibility index (Phi) is 12.6. The number of hydrogen-bond acceptors (Lipinski definition) is 3. The molecule has 142 valence electrons. The molecule has 0 aromatic carbocycles. The first-order valence-corrected chi connectivity index (χ1v) is 9.57. The van der Waals surface area contributed by atoms with E-state index in [0.29, 0.717) is 11.5 Å². The number of methoxy groups -OCH3 is 1. The van der Waals surface area contributed by atoms with Crippen LogP contribution < -0.4 is 10.4 Å². The van der Waals surface area contributed by atoms with Crippen LogP contribution in [-0.2, 0) is 6.42 Å². The number of aryl methyl sites for hydroxylation is 1. The zero-order valence-corrected chi connectivity index (χ0v) is 16.2. The normalized spacial score (nSPS) is 12.2.